The van der Waals surface area contributed by atoms with Crippen molar-refractivity contribution in [2.24, 2.45) is 5.92 Å². The van der Waals surface area contributed by atoms with Crippen molar-refractivity contribution in [1.82, 2.24) is 0 Å². The van der Waals surface area contributed by atoms with Gasteiger partial charge in [0.1, 0.15) is 5.75 Å². The summed E-state index contributed by atoms with van der Waals surface area (Å²) in [5.74, 6) is 1.35. The van der Waals surface area contributed by atoms with Crippen LogP contribution in [0.4, 0.5) is 0 Å². The molecule has 2 rings (SSSR count). The number of hydrogen-bond donors (Lipinski definition) is 0. The lowest BCUT2D eigenvalue weighted by atomic mass is 9.88. The van der Waals surface area contributed by atoms with E-state index in [4.69, 9.17) is 4.74 Å². The number of carbonyl (C=O) groups excluding carboxylic acids is 1. The first kappa shape index (κ1) is 17.8. The average molecular weight is 314 g/mol. The molecule has 1 aromatic carbocycles. The highest BCUT2D eigenvalue weighted by Crippen LogP contribution is 2.30. The first-order chi connectivity index (χ1) is 11.2. The molecule has 23 heavy (non-hydrogen) atoms. The van der Waals surface area contributed by atoms with Gasteiger partial charge in [-0.15, -0.1) is 0 Å². The lowest BCUT2D eigenvalue weighted by Gasteiger charge is -2.18. The molecule has 0 N–H and O–H groups in total. The zero-order chi connectivity index (χ0) is 16.5. The highest BCUT2D eigenvalue weighted by atomic mass is 16.5. The normalized spacial score (nSPS) is 17.7. The van der Waals surface area contributed by atoms with Gasteiger partial charge in [0.15, 0.2) is 0 Å². The van der Waals surface area contributed by atoms with E-state index in [-0.39, 0.29) is 5.97 Å². The maximum absolute atomic E-state index is 11.8. The number of rotatable bonds is 8. The smallest absolute Gasteiger partial charge is 0.311 e. The molecule has 0 bridgehead atoms. The van der Waals surface area contributed by atoms with Gasteiger partial charge in [-0.2, -0.15) is 0 Å². The molecule has 0 saturated heterocycles. The second-order valence-corrected chi connectivity index (χ2v) is 6.77. The van der Waals surface area contributed by atoms with Crippen molar-refractivity contribution in [3.8, 4) is 5.75 Å². The SMILES string of the molecule is CCCCCCCC(=O)Oc1ccc(C2=CCC(C)CC2)cc1. The van der Waals surface area contributed by atoms with Crippen molar-refractivity contribution in [3.05, 3.63) is 35.9 Å². The molecule has 0 aromatic heterocycles. The molecule has 0 heterocycles. The van der Waals surface area contributed by atoms with Crippen LogP contribution in [0.15, 0.2) is 30.3 Å². The minimum atomic E-state index is -0.111. The molecule has 1 unspecified atom stereocenters. The standard InChI is InChI=1S/C21H30O2/c1-3-4-5-6-7-8-21(22)23-20-15-13-19(14-16-20)18-11-9-17(2)10-12-18/h11,13-17H,3-10,12H2,1-2H3. The predicted octanol–water partition coefficient (Wildman–Crippen LogP) is 6.16. The van der Waals surface area contributed by atoms with E-state index in [0.717, 1.165) is 25.2 Å². The third kappa shape index (κ3) is 6.21. The molecule has 1 aromatic rings. The molecule has 2 heteroatoms. The molecule has 0 radical (unpaired) electrons. The monoisotopic (exact) mass is 314 g/mol. The quantitative estimate of drug-likeness (QED) is 0.326. The van der Waals surface area contributed by atoms with E-state index in [0.29, 0.717) is 12.2 Å². The van der Waals surface area contributed by atoms with Gasteiger partial charge in [0.05, 0.1) is 0 Å². The molecule has 1 aliphatic carbocycles. The Morgan fingerprint density at radius 3 is 2.52 bits per heavy atom. The molecule has 0 amide bonds. The van der Waals surface area contributed by atoms with Crippen LogP contribution >= 0.6 is 0 Å². The number of benzene rings is 1. The van der Waals surface area contributed by atoms with Crippen LogP contribution in [0.25, 0.3) is 5.57 Å². The molecule has 1 aliphatic rings. The first-order valence-electron chi connectivity index (χ1n) is 9.19. The Kier molecular flexibility index (Phi) is 7.38. The maximum atomic E-state index is 11.8. The third-order valence-corrected chi connectivity index (χ3v) is 4.61. The molecule has 126 valence electrons. The molecule has 0 aliphatic heterocycles. The first-order valence-corrected chi connectivity index (χ1v) is 9.19. The number of unbranched alkanes of at least 4 members (excludes halogenated alkanes) is 4. The number of carbonyl (C=O) groups is 1. The van der Waals surface area contributed by atoms with Gasteiger partial charge < -0.3 is 4.74 Å². The van der Waals surface area contributed by atoms with E-state index in [1.54, 1.807) is 0 Å². The Morgan fingerprint density at radius 2 is 1.87 bits per heavy atom. The van der Waals surface area contributed by atoms with Crippen LogP contribution in [0.2, 0.25) is 0 Å². The zero-order valence-corrected chi connectivity index (χ0v) is 14.6. The lowest BCUT2D eigenvalue weighted by molar-refractivity contribution is -0.134. The van der Waals surface area contributed by atoms with Crippen molar-refractivity contribution in [1.29, 1.82) is 0 Å². The number of esters is 1. The van der Waals surface area contributed by atoms with Crippen molar-refractivity contribution in [3.63, 3.8) is 0 Å². The van der Waals surface area contributed by atoms with Crippen LogP contribution in [0, 0.1) is 5.92 Å². The van der Waals surface area contributed by atoms with Crippen molar-refractivity contribution < 1.29 is 9.53 Å². The van der Waals surface area contributed by atoms with Gasteiger partial charge in [-0.05, 0) is 54.9 Å². The summed E-state index contributed by atoms with van der Waals surface area (Å²) in [6, 6.07) is 7.99. The average Bonchev–Trinajstić information content (AvgIpc) is 2.56. The fraction of sp³-hybridized carbons (Fsp3) is 0.571. The molecule has 1 atom stereocenters. The van der Waals surface area contributed by atoms with Crippen molar-refractivity contribution in [2.45, 2.75) is 71.6 Å². The van der Waals surface area contributed by atoms with Gasteiger partial charge in [-0.3, -0.25) is 4.79 Å². The molecular weight excluding hydrogens is 284 g/mol. The van der Waals surface area contributed by atoms with Gasteiger partial charge in [-0.1, -0.05) is 57.7 Å². The van der Waals surface area contributed by atoms with E-state index in [1.165, 1.54) is 43.2 Å². The fourth-order valence-corrected chi connectivity index (χ4v) is 3.02. The van der Waals surface area contributed by atoms with Gasteiger partial charge in [0.25, 0.3) is 0 Å². The largest absolute Gasteiger partial charge is 0.427 e. The van der Waals surface area contributed by atoms with Gasteiger partial charge >= 0.3 is 5.97 Å². The highest BCUT2D eigenvalue weighted by molar-refractivity contribution is 5.73. The summed E-state index contributed by atoms with van der Waals surface area (Å²) >= 11 is 0. The second kappa shape index (κ2) is 9.54. The fourth-order valence-electron chi connectivity index (χ4n) is 3.02. The summed E-state index contributed by atoms with van der Waals surface area (Å²) in [5.41, 5.74) is 2.69. The molecule has 2 nitrogen and oxygen atoms in total. The lowest BCUT2D eigenvalue weighted by Crippen LogP contribution is -2.07. The maximum Gasteiger partial charge on any atom is 0.311 e. The summed E-state index contributed by atoms with van der Waals surface area (Å²) in [7, 11) is 0. The molecular formula is C21H30O2. The highest BCUT2D eigenvalue weighted by Gasteiger charge is 2.12. The van der Waals surface area contributed by atoms with Crippen LogP contribution in [-0.4, -0.2) is 5.97 Å². The summed E-state index contributed by atoms with van der Waals surface area (Å²) in [6.45, 7) is 4.50. The van der Waals surface area contributed by atoms with Crippen molar-refractivity contribution >= 4 is 11.5 Å². The number of allylic oxidation sites excluding steroid dienone is 2. The molecule has 0 fully saturated rings. The van der Waals surface area contributed by atoms with E-state index in [9.17, 15) is 4.79 Å². The van der Waals surface area contributed by atoms with Crippen LogP contribution < -0.4 is 4.74 Å². The Bertz CT molecular complexity index is 513. The third-order valence-electron chi connectivity index (χ3n) is 4.61. The summed E-state index contributed by atoms with van der Waals surface area (Å²) in [6.07, 6.45) is 12.2. The summed E-state index contributed by atoms with van der Waals surface area (Å²) in [5, 5.41) is 0. The second-order valence-electron chi connectivity index (χ2n) is 6.77. The Morgan fingerprint density at radius 1 is 1.13 bits per heavy atom. The van der Waals surface area contributed by atoms with E-state index in [1.807, 2.05) is 12.1 Å². The number of hydrogen-bond acceptors (Lipinski definition) is 2. The molecule has 0 spiro atoms. The zero-order valence-electron chi connectivity index (χ0n) is 14.6. The van der Waals surface area contributed by atoms with Gasteiger partial charge in [0.2, 0.25) is 0 Å². The summed E-state index contributed by atoms with van der Waals surface area (Å²) in [4.78, 5) is 11.8. The van der Waals surface area contributed by atoms with Crippen LogP contribution in [-0.2, 0) is 4.79 Å². The Labute approximate surface area is 140 Å². The van der Waals surface area contributed by atoms with Crippen LogP contribution in [0.3, 0.4) is 0 Å². The summed E-state index contributed by atoms with van der Waals surface area (Å²) < 4.78 is 5.42. The van der Waals surface area contributed by atoms with Gasteiger partial charge in [0, 0.05) is 6.42 Å². The van der Waals surface area contributed by atoms with E-state index < -0.39 is 0 Å². The molecule has 0 saturated carbocycles. The van der Waals surface area contributed by atoms with Gasteiger partial charge in [-0.25, -0.2) is 0 Å². The van der Waals surface area contributed by atoms with Crippen molar-refractivity contribution in [2.75, 3.05) is 0 Å². The minimum Gasteiger partial charge on any atom is -0.427 e. The Balaban J connectivity index is 1.77. The van der Waals surface area contributed by atoms with Crippen LogP contribution in [0.5, 0.6) is 5.75 Å². The predicted molar refractivity (Wildman–Crippen MR) is 96.4 cm³/mol. The topological polar surface area (TPSA) is 26.3 Å². The number of ether oxygens (including phenoxy) is 1. The Hall–Kier alpha value is -1.57. The van der Waals surface area contributed by atoms with Crippen LogP contribution in [0.1, 0.15) is 77.2 Å². The minimum absolute atomic E-state index is 0.111. The van der Waals surface area contributed by atoms with E-state index >= 15 is 0 Å². The van der Waals surface area contributed by atoms with E-state index in [2.05, 4.69) is 32.1 Å².